The van der Waals surface area contributed by atoms with Gasteiger partial charge in [-0.05, 0) is 19.1 Å². The predicted molar refractivity (Wildman–Crippen MR) is 85.9 cm³/mol. The van der Waals surface area contributed by atoms with Gasteiger partial charge in [0, 0.05) is 30.9 Å². The van der Waals surface area contributed by atoms with Crippen LogP contribution in [0.2, 0.25) is 0 Å². The molecular formula is C17H31N4+3. The van der Waals surface area contributed by atoms with E-state index in [2.05, 4.69) is 49.4 Å². The van der Waals surface area contributed by atoms with E-state index in [0.29, 0.717) is 6.04 Å². The Labute approximate surface area is 128 Å². The lowest BCUT2D eigenvalue weighted by molar-refractivity contribution is -1.03. The summed E-state index contributed by atoms with van der Waals surface area (Å²) in [6.45, 7) is 11.3. The van der Waals surface area contributed by atoms with Gasteiger partial charge in [-0.2, -0.15) is 0 Å². The lowest BCUT2D eigenvalue weighted by Gasteiger charge is -2.36. The number of nitrogens with two attached hydrogens (primary N) is 1. The molecule has 0 saturated carbocycles. The second-order valence-electron chi connectivity index (χ2n) is 6.82. The van der Waals surface area contributed by atoms with Crippen molar-refractivity contribution in [3.8, 4) is 0 Å². The molecule has 0 aliphatic carbocycles. The molecule has 116 valence electrons. The maximum atomic E-state index is 2.50. The van der Waals surface area contributed by atoms with E-state index >= 15 is 0 Å². The molecule has 2 aliphatic rings. The molecule has 2 heterocycles. The molecule has 1 fully saturated rings. The smallest absolute Gasteiger partial charge is 0.163 e. The molecule has 4 N–H and O–H groups in total. The van der Waals surface area contributed by atoms with Gasteiger partial charge in [0.25, 0.3) is 0 Å². The maximum absolute atomic E-state index is 2.50. The summed E-state index contributed by atoms with van der Waals surface area (Å²) in [5.74, 6) is 0. The molecule has 0 bridgehead atoms. The zero-order valence-electron chi connectivity index (χ0n) is 13.8. The van der Waals surface area contributed by atoms with Crippen molar-refractivity contribution in [2.45, 2.75) is 19.5 Å². The second kappa shape index (κ2) is 6.34. The molecule has 4 nitrogen and oxygen atoms in total. The highest BCUT2D eigenvalue weighted by Gasteiger charge is 2.34. The molecule has 1 atom stereocenters. The quantitative estimate of drug-likeness (QED) is 0.573. The van der Waals surface area contributed by atoms with Crippen LogP contribution in [0.4, 0.5) is 5.69 Å². The van der Waals surface area contributed by atoms with E-state index < -0.39 is 0 Å². The number of fused-ring (bicyclic) bond motifs is 1. The summed E-state index contributed by atoms with van der Waals surface area (Å²) in [6.07, 6.45) is 0. The fraction of sp³-hybridized carbons (Fsp3) is 0.647. The van der Waals surface area contributed by atoms with Crippen LogP contribution >= 0.6 is 0 Å². The summed E-state index contributed by atoms with van der Waals surface area (Å²) in [7, 11) is 4.26. The van der Waals surface area contributed by atoms with Crippen molar-refractivity contribution in [2.24, 2.45) is 0 Å². The van der Waals surface area contributed by atoms with E-state index in [1.807, 2.05) is 4.90 Å². The maximum Gasteiger partial charge on any atom is 0.163 e. The first-order valence-electron chi connectivity index (χ1n) is 8.49. The van der Waals surface area contributed by atoms with Gasteiger partial charge in [-0.3, -0.25) is 0 Å². The Kier molecular flexibility index (Phi) is 4.48. The third kappa shape index (κ3) is 3.07. The zero-order chi connectivity index (χ0) is 14.8. The van der Waals surface area contributed by atoms with Crippen LogP contribution in [-0.2, 0) is 6.54 Å². The molecular weight excluding hydrogens is 260 g/mol. The van der Waals surface area contributed by atoms with E-state index in [1.54, 1.807) is 16.0 Å². The number of hydrogen-bond donors (Lipinski definition) is 3. The van der Waals surface area contributed by atoms with Crippen molar-refractivity contribution < 1.29 is 15.1 Å². The van der Waals surface area contributed by atoms with Crippen LogP contribution in [0.1, 0.15) is 24.1 Å². The largest absolute Gasteiger partial charge is 0.378 e. The Bertz CT molecular complexity index is 478. The summed E-state index contributed by atoms with van der Waals surface area (Å²) in [6, 6.07) is 7.78. The fourth-order valence-electron chi connectivity index (χ4n) is 3.93. The summed E-state index contributed by atoms with van der Waals surface area (Å²) in [5.41, 5.74) is 4.49. The average Bonchev–Trinajstić information content (AvgIpc) is 2.54. The SMILES string of the molecule is CC[NH+]1CC[NH+]([C@H]2C[NH2+]Cc3cc(N(C)C)ccc32)CC1. The van der Waals surface area contributed by atoms with Crippen LogP contribution in [0.5, 0.6) is 0 Å². The first kappa shape index (κ1) is 14.8. The molecule has 0 unspecified atom stereocenters. The number of piperazine rings is 1. The van der Waals surface area contributed by atoms with Gasteiger partial charge < -0.3 is 20.0 Å². The van der Waals surface area contributed by atoms with Gasteiger partial charge in [0.1, 0.15) is 39.3 Å². The Balaban J connectivity index is 1.78. The van der Waals surface area contributed by atoms with Crippen LogP contribution in [0, 0.1) is 0 Å². The molecule has 2 aliphatic heterocycles. The van der Waals surface area contributed by atoms with Crippen LogP contribution in [0.3, 0.4) is 0 Å². The second-order valence-corrected chi connectivity index (χ2v) is 6.82. The monoisotopic (exact) mass is 291 g/mol. The van der Waals surface area contributed by atoms with E-state index in [0.717, 1.165) is 6.54 Å². The molecule has 0 aromatic heterocycles. The van der Waals surface area contributed by atoms with Crippen molar-refractivity contribution in [3.63, 3.8) is 0 Å². The van der Waals surface area contributed by atoms with Crippen molar-refractivity contribution in [2.75, 3.05) is 58.3 Å². The minimum atomic E-state index is 0.698. The van der Waals surface area contributed by atoms with Crippen LogP contribution in [-0.4, -0.2) is 53.4 Å². The summed E-state index contributed by atoms with van der Waals surface area (Å²) >= 11 is 0. The summed E-state index contributed by atoms with van der Waals surface area (Å²) in [5, 5.41) is 2.50. The molecule has 1 aromatic carbocycles. The Morgan fingerprint density at radius 3 is 2.62 bits per heavy atom. The number of rotatable bonds is 3. The van der Waals surface area contributed by atoms with Gasteiger partial charge in [-0.15, -0.1) is 0 Å². The number of hydrogen-bond acceptors (Lipinski definition) is 1. The molecule has 0 amide bonds. The molecule has 4 heteroatoms. The van der Waals surface area contributed by atoms with E-state index in [9.17, 15) is 0 Å². The molecule has 21 heavy (non-hydrogen) atoms. The van der Waals surface area contributed by atoms with Crippen LogP contribution < -0.4 is 20.0 Å². The predicted octanol–water partition coefficient (Wildman–Crippen LogP) is -2.33. The average molecular weight is 291 g/mol. The molecule has 1 aromatic rings. The number of anilines is 1. The van der Waals surface area contributed by atoms with Gasteiger partial charge in [0.15, 0.2) is 6.04 Å². The Morgan fingerprint density at radius 1 is 1.19 bits per heavy atom. The fourth-order valence-corrected chi connectivity index (χ4v) is 3.93. The Morgan fingerprint density at radius 2 is 1.95 bits per heavy atom. The zero-order valence-corrected chi connectivity index (χ0v) is 13.8. The van der Waals surface area contributed by atoms with Crippen molar-refractivity contribution in [1.82, 2.24) is 0 Å². The number of benzene rings is 1. The van der Waals surface area contributed by atoms with E-state index in [4.69, 9.17) is 0 Å². The van der Waals surface area contributed by atoms with Gasteiger partial charge in [0.2, 0.25) is 0 Å². The highest BCUT2D eigenvalue weighted by Crippen LogP contribution is 2.22. The number of likely N-dealkylation sites (N-methyl/N-ethyl adjacent to an activating group) is 1. The first-order chi connectivity index (χ1) is 10.2. The molecule has 0 spiro atoms. The van der Waals surface area contributed by atoms with Gasteiger partial charge in [-0.25, -0.2) is 0 Å². The lowest BCUT2D eigenvalue weighted by Crippen LogP contribution is -3.28. The highest BCUT2D eigenvalue weighted by molar-refractivity contribution is 5.50. The van der Waals surface area contributed by atoms with Gasteiger partial charge in [0.05, 0.1) is 6.54 Å². The Hall–Kier alpha value is -1.10. The highest BCUT2D eigenvalue weighted by atomic mass is 15.3. The van der Waals surface area contributed by atoms with E-state index in [1.165, 1.54) is 45.0 Å². The van der Waals surface area contributed by atoms with Crippen molar-refractivity contribution >= 4 is 5.69 Å². The summed E-state index contributed by atoms with van der Waals surface area (Å²) < 4.78 is 0. The van der Waals surface area contributed by atoms with E-state index in [-0.39, 0.29) is 0 Å². The van der Waals surface area contributed by atoms with Gasteiger partial charge in [-0.1, -0.05) is 6.07 Å². The third-order valence-corrected chi connectivity index (χ3v) is 5.38. The lowest BCUT2D eigenvalue weighted by atomic mass is 9.94. The number of nitrogens with one attached hydrogen (secondary N) is 2. The van der Waals surface area contributed by atoms with Crippen molar-refractivity contribution in [1.29, 1.82) is 0 Å². The standard InChI is InChI=1S/C17H28N4/c1-4-20-7-9-21(10-8-20)17-13-18-12-14-11-15(19(2)3)5-6-16(14)17/h5-6,11,17-18H,4,7-10,12-13H2,1-3H3/p+3/t17-/m0/s1. The van der Waals surface area contributed by atoms with Crippen molar-refractivity contribution in [3.05, 3.63) is 29.3 Å². The summed E-state index contributed by atoms with van der Waals surface area (Å²) in [4.78, 5) is 5.80. The molecule has 0 radical (unpaired) electrons. The van der Waals surface area contributed by atoms with Crippen LogP contribution in [0.25, 0.3) is 0 Å². The number of nitrogens with zero attached hydrogens (tertiary/aromatic N) is 1. The first-order valence-corrected chi connectivity index (χ1v) is 8.49. The third-order valence-electron chi connectivity index (χ3n) is 5.38. The topological polar surface area (TPSA) is 28.7 Å². The minimum absolute atomic E-state index is 0.698. The van der Waals surface area contributed by atoms with Crippen LogP contribution in [0.15, 0.2) is 18.2 Å². The normalized spacial score (nSPS) is 29.0. The molecule has 1 saturated heterocycles. The van der Waals surface area contributed by atoms with Gasteiger partial charge >= 0.3 is 0 Å². The minimum Gasteiger partial charge on any atom is -0.378 e. The molecule has 3 rings (SSSR count). The number of quaternary nitrogens is 3.